The molecule has 2 rings (SSSR count). The molecule has 0 aliphatic carbocycles. The van der Waals surface area contributed by atoms with Crippen LogP contribution >= 0.6 is 15.9 Å². The number of alkyl halides is 1. The molecule has 0 aromatic heterocycles. The Bertz CT molecular complexity index is 346. The Balaban J connectivity index is 2.39. The molecule has 1 saturated heterocycles. The molecule has 3 nitrogen and oxygen atoms in total. The lowest BCUT2D eigenvalue weighted by molar-refractivity contribution is -0.0387. The van der Waals surface area contributed by atoms with Crippen LogP contribution in [0.4, 0.5) is 0 Å². The van der Waals surface area contributed by atoms with Crippen molar-refractivity contribution < 1.29 is 4.74 Å². The fraction of sp³-hybridized carbons (Fsp3) is 0.500. The van der Waals surface area contributed by atoms with Gasteiger partial charge in [-0.1, -0.05) is 46.3 Å². The first-order valence-electron chi connectivity index (χ1n) is 5.41. The smallest absolute Gasteiger partial charge is 0.142 e. The molecule has 1 N–H and O–H groups in total. The summed E-state index contributed by atoms with van der Waals surface area (Å²) in [4.78, 5) is 2.27. The molecule has 0 spiro atoms. The summed E-state index contributed by atoms with van der Waals surface area (Å²) in [6.45, 7) is 1.93. The van der Waals surface area contributed by atoms with E-state index >= 15 is 0 Å². The van der Waals surface area contributed by atoms with Gasteiger partial charge in [0.05, 0.1) is 0 Å². The fourth-order valence-electron chi connectivity index (χ4n) is 2.14. The summed E-state index contributed by atoms with van der Waals surface area (Å²) in [6, 6.07) is 10.4. The highest BCUT2D eigenvalue weighted by Gasteiger charge is 2.44. The second-order valence-electron chi connectivity index (χ2n) is 4.03. The number of ether oxygens (including phenoxy) is 1. The predicted molar refractivity (Wildman–Crippen MR) is 68.5 cm³/mol. The van der Waals surface area contributed by atoms with Crippen molar-refractivity contribution in [3.05, 3.63) is 35.9 Å². The van der Waals surface area contributed by atoms with Crippen LogP contribution in [0.5, 0.6) is 0 Å². The Hall–Kier alpha value is -0.420. The summed E-state index contributed by atoms with van der Waals surface area (Å²) >= 11 is 3.83. The van der Waals surface area contributed by atoms with E-state index in [0.717, 1.165) is 13.1 Å². The highest BCUT2D eigenvalue weighted by Crippen LogP contribution is 2.39. The van der Waals surface area contributed by atoms with E-state index in [1.165, 1.54) is 5.56 Å². The van der Waals surface area contributed by atoms with Gasteiger partial charge in [-0.25, -0.2) is 0 Å². The molecule has 1 aliphatic heterocycles. The monoisotopic (exact) mass is 284 g/mol. The molecule has 2 unspecified atom stereocenters. The molecule has 16 heavy (non-hydrogen) atoms. The van der Waals surface area contributed by atoms with E-state index in [0.29, 0.717) is 0 Å². The van der Waals surface area contributed by atoms with Crippen molar-refractivity contribution in [2.75, 3.05) is 27.2 Å². The number of hydrogen-bond acceptors (Lipinski definition) is 3. The van der Waals surface area contributed by atoms with Crippen molar-refractivity contribution in [3.63, 3.8) is 0 Å². The number of halogens is 1. The molecule has 88 valence electrons. The zero-order chi connectivity index (χ0) is 11.6. The number of methoxy groups -OCH3 is 1. The van der Waals surface area contributed by atoms with Crippen molar-refractivity contribution in [2.24, 2.45) is 0 Å². The second kappa shape index (κ2) is 4.84. The summed E-state index contributed by atoms with van der Waals surface area (Å²) in [7, 11) is 3.84. The van der Waals surface area contributed by atoms with Crippen LogP contribution in [0.2, 0.25) is 0 Å². The van der Waals surface area contributed by atoms with Crippen LogP contribution in [0.25, 0.3) is 0 Å². The highest BCUT2D eigenvalue weighted by atomic mass is 79.9. The van der Waals surface area contributed by atoms with Crippen LogP contribution in [0.1, 0.15) is 5.56 Å². The standard InChI is InChI=1S/C12H17BrN2O/c1-15-9-8-14-11(16-2)12(15,13)10-6-4-3-5-7-10/h3-7,11,14H,8-9H2,1-2H3. The van der Waals surface area contributed by atoms with Crippen molar-refractivity contribution in [3.8, 4) is 0 Å². The summed E-state index contributed by atoms with van der Waals surface area (Å²) in [5.74, 6) is 0. The van der Waals surface area contributed by atoms with Crippen LogP contribution in [-0.2, 0) is 9.19 Å². The van der Waals surface area contributed by atoms with Gasteiger partial charge >= 0.3 is 0 Å². The number of rotatable bonds is 2. The Morgan fingerprint density at radius 1 is 1.44 bits per heavy atom. The third kappa shape index (κ3) is 1.91. The summed E-state index contributed by atoms with van der Waals surface area (Å²) in [6.07, 6.45) is -0.0475. The third-order valence-corrected chi connectivity index (χ3v) is 4.57. The zero-order valence-corrected chi connectivity index (χ0v) is 11.2. The molecule has 4 heteroatoms. The molecule has 1 aromatic rings. The van der Waals surface area contributed by atoms with Gasteiger partial charge in [0.1, 0.15) is 10.7 Å². The van der Waals surface area contributed by atoms with E-state index in [4.69, 9.17) is 4.74 Å². The van der Waals surface area contributed by atoms with Crippen molar-refractivity contribution >= 4 is 15.9 Å². The third-order valence-electron chi connectivity index (χ3n) is 3.09. The molecular formula is C12H17BrN2O. The van der Waals surface area contributed by atoms with E-state index in [9.17, 15) is 0 Å². The molecule has 0 bridgehead atoms. The van der Waals surface area contributed by atoms with Gasteiger partial charge in [-0.2, -0.15) is 0 Å². The van der Waals surface area contributed by atoms with Crippen molar-refractivity contribution in [1.82, 2.24) is 10.2 Å². The molecule has 0 saturated carbocycles. The normalized spacial score (nSPS) is 31.6. The Morgan fingerprint density at radius 3 is 2.75 bits per heavy atom. The largest absolute Gasteiger partial charge is 0.363 e. The molecule has 1 heterocycles. The number of hydrogen-bond donors (Lipinski definition) is 1. The van der Waals surface area contributed by atoms with Crippen LogP contribution in [-0.4, -0.2) is 38.4 Å². The van der Waals surface area contributed by atoms with Gasteiger partial charge in [0.15, 0.2) is 0 Å². The minimum atomic E-state index is -0.290. The van der Waals surface area contributed by atoms with Gasteiger partial charge < -0.3 is 4.74 Å². The minimum Gasteiger partial charge on any atom is -0.363 e. The first-order valence-corrected chi connectivity index (χ1v) is 6.20. The van der Waals surface area contributed by atoms with Gasteiger partial charge in [0.2, 0.25) is 0 Å². The van der Waals surface area contributed by atoms with Crippen molar-refractivity contribution in [2.45, 2.75) is 10.7 Å². The highest BCUT2D eigenvalue weighted by molar-refractivity contribution is 9.09. The molecule has 0 amide bonds. The number of nitrogens with zero attached hydrogens (tertiary/aromatic N) is 1. The molecule has 1 aromatic carbocycles. The van der Waals surface area contributed by atoms with Crippen molar-refractivity contribution in [1.29, 1.82) is 0 Å². The number of likely N-dealkylation sites (N-methyl/N-ethyl adjacent to an activating group) is 1. The zero-order valence-electron chi connectivity index (χ0n) is 9.61. The van der Waals surface area contributed by atoms with E-state index in [1.807, 2.05) is 18.2 Å². The van der Waals surface area contributed by atoms with Gasteiger partial charge in [-0.15, -0.1) is 0 Å². The Labute approximate surface area is 105 Å². The molecular weight excluding hydrogens is 268 g/mol. The molecule has 1 aliphatic rings. The lowest BCUT2D eigenvalue weighted by Gasteiger charge is -2.46. The van der Waals surface area contributed by atoms with E-state index in [-0.39, 0.29) is 10.7 Å². The van der Waals surface area contributed by atoms with Gasteiger partial charge in [-0.05, 0) is 12.6 Å². The SMILES string of the molecule is COC1NCCN(C)C1(Br)c1ccccc1. The molecule has 2 atom stereocenters. The van der Waals surface area contributed by atoms with Crippen LogP contribution in [0.3, 0.4) is 0 Å². The van der Waals surface area contributed by atoms with Gasteiger partial charge in [-0.3, -0.25) is 10.2 Å². The van der Waals surface area contributed by atoms with Gasteiger partial charge in [0, 0.05) is 20.2 Å². The van der Waals surface area contributed by atoms with Gasteiger partial charge in [0.25, 0.3) is 0 Å². The van der Waals surface area contributed by atoms with E-state index in [2.05, 4.69) is 45.3 Å². The summed E-state index contributed by atoms with van der Waals surface area (Å²) < 4.78 is 5.24. The van der Waals surface area contributed by atoms with E-state index < -0.39 is 0 Å². The minimum absolute atomic E-state index is 0.0475. The number of benzene rings is 1. The number of piperazine rings is 1. The summed E-state index contributed by atoms with van der Waals surface area (Å²) in [5, 5.41) is 3.38. The van der Waals surface area contributed by atoms with Crippen LogP contribution in [0.15, 0.2) is 30.3 Å². The maximum Gasteiger partial charge on any atom is 0.142 e. The quantitative estimate of drug-likeness (QED) is 0.662. The first kappa shape index (κ1) is 12.0. The molecule has 0 radical (unpaired) electrons. The Kier molecular flexibility index (Phi) is 3.64. The fourth-order valence-corrected chi connectivity index (χ4v) is 2.94. The Morgan fingerprint density at radius 2 is 2.12 bits per heavy atom. The maximum atomic E-state index is 5.53. The predicted octanol–water partition coefficient (Wildman–Crippen LogP) is 1.74. The van der Waals surface area contributed by atoms with Crippen LogP contribution < -0.4 is 5.32 Å². The van der Waals surface area contributed by atoms with Crippen LogP contribution in [0, 0.1) is 0 Å². The summed E-state index contributed by atoms with van der Waals surface area (Å²) in [5.41, 5.74) is 1.21. The molecule has 1 fully saturated rings. The average molecular weight is 285 g/mol. The second-order valence-corrected chi connectivity index (χ2v) is 5.24. The first-order chi connectivity index (χ1) is 7.69. The van der Waals surface area contributed by atoms with E-state index in [1.54, 1.807) is 7.11 Å². The topological polar surface area (TPSA) is 24.5 Å². The number of nitrogens with one attached hydrogen (secondary N) is 1. The lowest BCUT2D eigenvalue weighted by atomic mass is 10.0. The average Bonchev–Trinajstić information content (AvgIpc) is 2.34. The lowest BCUT2D eigenvalue weighted by Crippen LogP contribution is -2.61. The maximum absolute atomic E-state index is 5.53.